The fourth-order valence-corrected chi connectivity index (χ4v) is 4.43. The minimum absolute atomic E-state index is 0.210. The maximum absolute atomic E-state index is 13.2. The summed E-state index contributed by atoms with van der Waals surface area (Å²) in [6.45, 7) is 0.711. The van der Waals surface area contributed by atoms with Crippen molar-refractivity contribution in [1.29, 1.82) is 0 Å². The first-order valence-corrected chi connectivity index (χ1v) is 9.75. The quantitative estimate of drug-likeness (QED) is 0.484. The van der Waals surface area contributed by atoms with Gasteiger partial charge in [-0.2, -0.15) is 0 Å². The zero-order chi connectivity index (χ0) is 18.2. The number of anilines is 1. The summed E-state index contributed by atoms with van der Waals surface area (Å²) in [6.07, 6.45) is 10.3. The van der Waals surface area contributed by atoms with Crippen LogP contribution in [0.4, 0.5) is 10.1 Å². The predicted molar refractivity (Wildman–Crippen MR) is 107 cm³/mol. The first-order valence-electron chi connectivity index (χ1n) is 9.75. The van der Waals surface area contributed by atoms with E-state index in [-0.39, 0.29) is 5.82 Å². The highest BCUT2D eigenvalue weighted by molar-refractivity contribution is 6.03. The number of aromatic nitrogens is 3. The number of aromatic amines is 1. The van der Waals surface area contributed by atoms with Crippen LogP contribution in [0, 0.1) is 5.82 Å². The largest absolute Gasteiger partial charge is 0.379 e. The van der Waals surface area contributed by atoms with E-state index in [0.29, 0.717) is 12.6 Å². The van der Waals surface area contributed by atoms with Crippen LogP contribution in [0.5, 0.6) is 0 Å². The molecule has 4 aromatic rings. The SMILES string of the molecule is Fc1ccc(NCc2cc3cnc4[nH]ccc4c3n2C2CCCCC2)cc1. The van der Waals surface area contributed by atoms with Crippen molar-refractivity contribution in [3.8, 4) is 0 Å². The van der Waals surface area contributed by atoms with E-state index in [9.17, 15) is 4.39 Å². The maximum Gasteiger partial charge on any atom is 0.139 e. The molecule has 1 saturated carbocycles. The fraction of sp³-hybridized carbons (Fsp3) is 0.318. The Bertz CT molecular complexity index is 1070. The van der Waals surface area contributed by atoms with Crippen LogP contribution in [0.1, 0.15) is 43.8 Å². The number of halogens is 1. The summed E-state index contributed by atoms with van der Waals surface area (Å²) in [5.74, 6) is -0.210. The van der Waals surface area contributed by atoms with Crippen molar-refractivity contribution in [3.63, 3.8) is 0 Å². The van der Waals surface area contributed by atoms with Crippen LogP contribution < -0.4 is 5.32 Å². The van der Waals surface area contributed by atoms with Gasteiger partial charge in [0.1, 0.15) is 11.5 Å². The van der Waals surface area contributed by atoms with Gasteiger partial charge in [0.2, 0.25) is 0 Å². The van der Waals surface area contributed by atoms with Crippen LogP contribution in [-0.2, 0) is 6.54 Å². The molecule has 1 aliphatic rings. The van der Waals surface area contributed by atoms with Gasteiger partial charge in [0.05, 0.1) is 12.1 Å². The van der Waals surface area contributed by atoms with Gasteiger partial charge in [-0.3, -0.25) is 0 Å². The van der Waals surface area contributed by atoms with Crippen LogP contribution in [-0.4, -0.2) is 14.5 Å². The highest BCUT2D eigenvalue weighted by Gasteiger charge is 2.22. The van der Waals surface area contributed by atoms with Gasteiger partial charge in [0.25, 0.3) is 0 Å². The van der Waals surface area contributed by atoms with Crippen molar-refractivity contribution >= 4 is 27.6 Å². The Kier molecular flexibility index (Phi) is 4.07. The number of H-pyrrole nitrogens is 1. The van der Waals surface area contributed by atoms with Crippen LogP contribution >= 0.6 is 0 Å². The number of hydrogen-bond donors (Lipinski definition) is 2. The number of pyridine rings is 1. The van der Waals surface area contributed by atoms with Gasteiger partial charge in [-0.15, -0.1) is 0 Å². The molecule has 0 bridgehead atoms. The maximum atomic E-state index is 13.2. The molecule has 3 aromatic heterocycles. The van der Waals surface area contributed by atoms with Crippen molar-refractivity contribution < 1.29 is 4.39 Å². The van der Waals surface area contributed by atoms with Gasteiger partial charge in [-0.25, -0.2) is 9.37 Å². The third-order valence-corrected chi connectivity index (χ3v) is 5.72. The van der Waals surface area contributed by atoms with Crippen molar-refractivity contribution in [1.82, 2.24) is 14.5 Å². The summed E-state index contributed by atoms with van der Waals surface area (Å²) in [6, 6.07) is 11.5. The summed E-state index contributed by atoms with van der Waals surface area (Å²) in [4.78, 5) is 7.80. The van der Waals surface area contributed by atoms with Crippen LogP contribution in [0.2, 0.25) is 0 Å². The Morgan fingerprint density at radius 3 is 2.74 bits per heavy atom. The number of rotatable bonds is 4. The van der Waals surface area contributed by atoms with Crippen LogP contribution in [0.3, 0.4) is 0 Å². The third kappa shape index (κ3) is 2.97. The molecular formula is C22H23FN4. The van der Waals surface area contributed by atoms with Gasteiger partial charge in [0, 0.05) is 40.6 Å². The second-order valence-corrected chi connectivity index (χ2v) is 7.46. The summed E-state index contributed by atoms with van der Waals surface area (Å²) in [5, 5.41) is 5.82. The molecule has 2 N–H and O–H groups in total. The molecule has 4 nitrogen and oxygen atoms in total. The van der Waals surface area contributed by atoms with Crippen LogP contribution in [0.15, 0.2) is 48.8 Å². The first-order chi connectivity index (χ1) is 13.3. The first kappa shape index (κ1) is 16.4. The van der Waals surface area contributed by atoms with Crippen molar-refractivity contribution in [2.75, 3.05) is 5.32 Å². The lowest BCUT2D eigenvalue weighted by Crippen LogP contribution is -2.16. The van der Waals surface area contributed by atoms with Crippen LogP contribution in [0.25, 0.3) is 21.9 Å². The van der Waals surface area contributed by atoms with Gasteiger partial charge in [-0.1, -0.05) is 19.3 Å². The number of hydrogen-bond acceptors (Lipinski definition) is 2. The molecule has 0 spiro atoms. The molecule has 0 atom stereocenters. The molecule has 3 heterocycles. The summed E-state index contributed by atoms with van der Waals surface area (Å²) in [5.41, 5.74) is 4.42. The molecule has 27 heavy (non-hydrogen) atoms. The predicted octanol–water partition coefficient (Wildman–Crippen LogP) is 5.77. The minimum atomic E-state index is -0.210. The van der Waals surface area contributed by atoms with Crippen molar-refractivity contribution in [2.45, 2.75) is 44.7 Å². The Morgan fingerprint density at radius 2 is 1.93 bits per heavy atom. The van der Waals surface area contributed by atoms with E-state index in [2.05, 4.69) is 32.0 Å². The Hall–Kier alpha value is -2.82. The zero-order valence-corrected chi connectivity index (χ0v) is 15.2. The molecule has 0 radical (unpaired) electrons. The smallest absolute Gasteiger partial charge is 0.139 e. The Morgan fingerprint density at radius 1 is 1.11 bits per heavy atom. The van der Waals surface area contributed by atoms with Crippen molar-refractivity contribution in [2.24, 2.45) is 0 Å². The van der Waals surface area contributed by atoms with E-state index in [1.54, 1.807) is 12.1 Å². The normalized spacial score (nSPS) is 15.6. The Balaban J connectivity index is 1.58. The molecule has 5 rings (SSSR count). The van der Waals surface area contributed by atoms with Crippen molar-refractivity contribution in [3.05, 3.63) is 60.3 Å². The molecule has 1 aliphatic carbocycles. The summed E-state index contributed by atoms with van der Waals surface area (Å²) < 4.78 is 15.7. The second-order valence-electron chi connectivity index (χ2n) is 7.46. The van der Waals surface area contributed by atoms with E-state index < -0.39 is 0 Å². The molecule has 5 heteroatoms. The monoisotopic (exact) mass is 362 g/mol. The number of benzene rings is 1. The topological polar surface area (TPSA) is 45.6 Å². The molecule has 1 fully saturated rings. The lowest BCUT2D eigenvalue weighted by atomic mass is 9.95. The third-order valence-electron chi connectivity index (χ3n) is 5.72. The lowest BCUT2D eigenvalue weighted by Gasteiger charge is -2.27. The van der Waals surface area contributed by atoms with E-state index >= 15 is 0 Å². The average molecular weight is 362 g/mol. The van der Waals surface area contributed by atoms with Gasteiger partial charge in [0.15, 0.2) is 0 Å². The highest BCUT2D eigenvalue weighted by atomic mass is 19.1. The highest BCUT2D eigenvalue weighted by Crippen LogP contribution is 2.36. The Labute approximate surface area is 157 Å². The van der Waals surface area contributed by atoms with E-state index in [1.807, 2.05) is 12.4 Å². The summed E-state index contributed by atoms with van der Waals surface area (Å²) >= 11 is 0. The van der Waals surface area contributed by atoms with E-state index in [0.717, 1.165) is 11.3 Å². The van der Waals surface area contributed by atoms with Gasteiger partial charge >= 0.3 is 0 Å². The number of fused-ring (bicyclic) bond motifs is 3. The molecule has 0 aliphatic heterocycles. The standard InChI is InChI=1S/C22H23FN4/c23-16-6-8-17(9-7-16)25-14-19-12-15-13-26-22-20(10-11-24-22)21(15)27(19)18-4-2-1-3-5-18/h6-13,18,25H,1-5,14H2,(H,24,26). The molecular weight excluding hydrogens is 339 g/mol. The molecule has 1 aromatic carbocycles. The minimum Gasteiger partial charge on any atom is -0.379 e. The lowest BCUT2D eigenvalue weighted by molar-refractivity contribution is 0.355. The molecule has 0 saturated heterocycles. The van der Waals surface area contributed by atoms with Gasteiger partial charge in [-0.05, 0) is 49.2 Å². The average Bonchev–Trinajstić information content (AvgIpc) is 3.32. The fourth-order valence-electron chi connectivity index (χ4n) is 4.43. The molecule has 138 valence electrons. The molecule has 0 amide bonds. The van der Waals surface area contributed by atoms with Gasteiger partial charge < -0.3 is 14.9 Å². The number of nitrogens with zero attached hydrogens (tertiary/aromatic N) is 2. The zero-order valence-electron chi connectivity index (χ0n) is 15.2. The van der Waals surface area contributed by atoms with E-state index in [4.69, 9.17) is 0 Å². The second kappa shape index (κ2) is 6.72. The molecule has 0 unspecified atom stereocenters. The van der Waals surface area contributed by atoms with E-state index in [1.165, 1.54) is 66.2 Å². The summed E-state index contributed by atoms with van der Waals surface area (Å²) in [7, 11) is 0. The number of nitrogens with one attached hydrogen (secondary N) is 2.